The topological polar surface area (TPSA) is 69.4 Å². The highest BCUT2D eigenvalue weighted by atomic mass is 16.6. The molecule has 0 N–H and O–H groups in total. The molecule has 0 bridgehead atoms. The molecule has 0 heterocycles. The number of benzene rings is 1. The number of hydrogen-bond acceptors (Lipinski definition) is 4. The van der Waals surface area contributed by atoms with Crippen LogP contribution in [0.25, 0.3) is 0 Å². The van der Waals surface area contributed by atoms with Gasteiger partial charge in [-0.15, -0.1) is 0 Å². The molecule has 2 rings (SSSR count). The Morgan fingerprint density at radius 3 is 2.32 bits per heavy atom. The van der Waals surface area contributed by atoms with Crippen molar-refractivity contribution in [1.82, 2.24) is 0 Å². The van der Waals surface area contributed by atoms with Crippen LogP contribution >= 0.6 is 0 Å². The quantitative estimate of drug-likeness (QED) is 0.476. The van der Waals surface area contributed by atoms with Crippen molar-refractivity contribution >= 4 is 5.97 Å². The van der Waals surface area contributed by atoms with Crippen molar-refractivity contribution in [2.45, 2.75) is 38.6 Å². The fourth-order valence-corrected chi connectivity index (χ4v) is 3.01. The third-order valence-corrected chi connectivity index (χ3v) is 3.88. The normalized spacial score (nSPS) is 24.9. The van der Waals surface area contributed by atoms with E-state index in [1.54, 1.807) is 0 Å². The second-order valence-electron chi connectivity index (χ2n) is 5.24. The maximum absolute atomic E-state index is 11.7. The third-order valence-electron chi connectivity index (χ3n) is 3.88. The summed E-state index contributed by atoms with van der Waals surface area (Å²) in [6.45, 7) is 5.84. The van der Waals surface area contributed by atoms with E-state index in [0.29, 0.717) is 0 Å². The van der Waals surface area contributed by atoms with Gasteiger partial charge in [-0.3, -0.25) is 10.1 Å². The standard InChI is InChI=1S/C14H17NO4/c1-8-5-9(2)12(10(3)6-8)11-7-14(11,15(17)18)13(16)19-4/h5-6,11H,7H2,1-4H3/t11-,14+/m0/s1. The summed E-state index contributed by atoms with van der Waals surface area (Å²) in [7, 11) is 1.19. The zero-order chi connectivity index (χ0) is 14.4. The average Bonchev–Trinajstić information content (AvgIpc) is 3.03. The van der Waals surface area contributed by atoms with Gasteiger partial charge in [0.05, 0.1) is 13.0 Å². The lowest BCUT2D eigenvalue weighted by Gasteiger charge is -2.12. The number of methoxy groups -OCH3 is 1. The van der Waals surface area contributed by atoms with Gasteiger partial charge in [0.25, 0.3) is 0 Å². The first-order valence-corrected chi connectivity index (χ1v) is 6.15. The van der Waals surface area contributed by atoms with E-state index in [1.165, 1.54) is 7.11 Å². The number of carbonyl (C=O) groups is 1. The summed E-state index contributed by atoms with van der Waals surface area (Å²) < 4.78 is 4.61. The number of esters is 1. The molecule has 1 saturated carbocycles. The molecule has 0 spiro atoms. The number of hydrogen-bond donors (Lipinski definition) is 0. The fourth-order valence-electron chi connectivity index (χ4n) is 3.01. The van der Waals surface area contributed by atoms with Crippen LogP contribution in [-0.2, 0) is 9.53 Å². The van der Waals surface area contributed by atoms with E-state index in [-0.39, 0.29) is 12.3 Å². The maximum atomic E-state index is 11.7. The predicted octanol–water partition coefficient (Wildman–Crippen LogP) is 2.29. The SMILES string of the molecule is COC(=O)[C@@]1([N+](=O)[O-])C[C@H]1c1c(C)cc(C)cc1C. The summed E-state index contributed by atoms with van der Waals surface area (Å²) in [6, 6.07) is 3.98. The highest BCUT2D eigenvalue weighted by Gasteiger charge is 2.74. The minimum atomic E-state index is -1.58. The summed E-state index contributed by atoms with van der Waals surface area (Å²) in [5, 5.41) is 11.3. The van der Waals surface area contributed by atoms with Crippen molar-refractivity contribution in [2.75, 3.05) is 7.11 Å². The Morgan fingerprint density at radius 1 is 1.37 bits per heavy atom. The molecule has 19 heavy (non-hydrogen) atoms. The second kappa shape index (κ2) is 4.33. The first-order chi connectivity index (χ1) is 8.84. The van der Waals surface area contributed by atoms with Gasteiger partial charge in [-0.2, -0.15) is 0 Å². The maximum Gasteiger partial charge on any atom is 0.385 e. The summed E-state index contributed by atoms with van der Waals surface area (Å²) in [5.74, 6) is -1.13. The third kappa shape index (κ3) is 1.89. The highest BCUT2D eigenvalue weighted by molar-refractivity contribution is 5.85. The van der Waals surface area contributed by atoms with Gasteiger partial charge >= 0.3 is 11.5 Å². The average molecular weight is 263 g/mol. The molecule has 1 aliphatic carbocycles. The summed E-state index contributed by atoms with van der Waals surface area (Å²) >= 11 is 0. The van der Waals surface area contributed by atoms with Crippen molar-refractivity contribution in [1.29, 1.82) is 0 Å². The monoisotopic (exact) mass is 263 g/mol. The minimum Gasteiger partial charge on any atom is -0.464 e. The van der Waals surface area contributed by atoms with Gasteiger partial charge in [0.1, 0.15) is 0 Å². The molecule has 1 aromatic rings. The van der Waals surface area contributed by atoms with Crippen LogP contribution in [-0.4, -0.2) is 23.5 Å². The molecule has 0 aliphatic heterocycles. The largest absolute Gasteiger partial charge is 0.464 e. The number of aryl methyl sites for hydroxylation is 3. The van der Waals surface area contributed by atoms with Crippen molar-refractivity contribution in [3.05, 3.63) is 44.5 Å². The summed E-state index contributed by atoms with van der Waals surface area (Å²) in [4.78, 5) is 22.5. The van der Waals surface area contributed by atoms with E-state index >= 15 is 0 Å². The van der Waals surface area contributed by atoms with Gasteiger partial charge < -0.3 is 4.74 Å². The van der Waals surface area contributed by atoms with Crippen LogP contribution in [0.5, 0.6) is 0 Å². The van der Waals surface area contributed by atoms with E-state index < -0.39 is 16.4 Å². The van der Waals surface area contributed by atoms with Crippen molar-refractivity contribution in [2.24, 2.45) is 0 Å². The molecule has 0 radical (unpaired) electrons. The molecular weight excluding hydrogens is 246 g/mol. The number of nitrogens with zero attached hydrogens (tertiary/aromatic N) is 1. The zero-order valence-electron chi connectivity index (χ0n) is 11.5. The van der Waals surface area contributed by atoms with Crippen LogP contribution < -0.4 is 0 Å². The highest BCUT2D eigenvalue weighted by Crippen LogP contribution is 2.56. The van der Waals surface area contributed by atoms with Gasteiger partial charge in [0, 0.05) is 11.3 Å². The van der Waals surface area contributed by atoms with Gasteiger partial charge in [-0.05, 0) is 37.5 Å². The van der Waals surface area contributed by atoms with Crippen LogP contribution in [0.1, 0.15) is 34.6 Å². The molecule has 0 amide bonds. The Kier molecular flexibility index (Phi) is 3.08. The van der Waals surface area contributed by atoms with Crippen LogP contribution in [0.2, 0.25) is 0 Å². The molecule has 102 valence electrons. The van der Waals surface area contributed by atoms with E-state index in [9.17, 15) is 14.9 Å². The molecule has 5 nitrogen and oxygen atoms in total. The lowest BCUT2D eigenvalue weighted by Crippen LogP contribution is -2.35. The molecule has 5 heteroatoms. The first-order valence-electron chi connectivity index (χ1n) is 6.15. The zero-order valence-corrected chi connectivity index (χ0v) is 11.5. The van der Waals surface area contributed by atoms with Gasteiger partial charge in [-0.1, -0.05) is 17.7 Å². The first kappa shape index (κ1) is 13.5. The Balaban J connectivity index is 2.47. The van der Waals surface area contributed by atoms with E-state index in [0.717, 1.165) is 22.3 Å². The molecule has 1 fully saturated rings. The summed E-state index contributed by atoms with van der Waals surface area (Å²) in [6.07, 6.45) is 0.220. The number of carbonyl (C=O) groups excluding carboxylic acids is 1. The van der Waals surface area contributed by atoms with Crippen LogP contribution in [0.4, 0.5) is 0 Å². The van der Waals surface area contributed by atoms with Gasteiger partial charge in [0.15, 0.2) is 0 Å². The Hall–Kier alpha value is -1.91. The van der Waals surface area contributed by atoms with E-state index in [4.69, 9.17) is 0 Å². The molecular formula is C14H17NO4. The van der Waals surface area contributed by atoms with Crippen LogP contribution in [0.15, 0.2) is 12.1 Å². The van der Waals surface area contributed by atoms with E-state index in [1.807, 2.05) is 32.9 Å². The Bertz CT molecular complexity index is 544. The summed E-state index contributed by atoms with van der Waals surface area (Å²) in [5.41, 5.74) is 2.43. The lowest BCUT2D eigenvalue weighted by molar-refractivity contribution is -0.526. The van der Waals surface area contributed by atoms with Crippen LogP contribution in [0.3, 0.4) is 0 Å². The minimum absolute atomic E-state index is 0.220. The molecule has 0 aromatic heterocycles. The predicted molar refractivity (Wildman–Crippen MR) is 69.8 cm³/mol. The number of nitro groups is 1. The second-order valence-corrected chi connectivity index (χ2v) is 5.24. The fraction of sp³-hybridized carbons (Fsp3) is 0.500. The van der Waals surface area contributed by atoms with Crippen molar-refractivity contribution < 1.29 is 14.5 Å². The Labute approximate surface area is 111 Å². The molecule has 0 unspecified atom stereocenters. The van der Waals surface area contributed by atoms with Crippen LogP contribution in [0, 0.1) is 30.9 Å². The van der Waals surface area contributed by atoms with Crippen molar-refractivity contribution in [3.8, 4) is 0 Å². The lowest BCUT2D eigenvalue weighted by atomic mass is 9.94. The van der Waals surface area contributed by atoms with Gasteiger partial charge in [-0.25, -0.2) is 4.79 Å². The molecule has 1 aliphatic rings. The van der Waals surface area contributed by atoms with E-state index in [2.05, 4.69) is 4.74 Å². The number of rotatable bonds is 3. The molecule has 2 atom stereocenters. The molecule has 1 aromatic carbocycles. The number of ether oxygens (including phenoxy) is 1. The van der Waals surface area contributed by atoms with Crippen molar-refractivity contribution in [3.63, 3.8) is 0 Å². The smallest absolute Gasteiger partial charge is 0.385 e. The van der Waals surface area contributed by atoms with Gasteiger partial charge in [0.2, 0.25) is 0 Å². The Morgan fingerprint density at radius 2 is 1.89 bits per heavy atom. The molecule has 0 saturated heterocycles.